The van der Waals surface area contributed by atoms with Gasteiger partial charge in [0.05, 0.1) is 6.61 Å². The molecule has 1 amide bonds. The van der Waals surface area contributed by atoms with Gasteiger partial charge in [0.25, 0.3) is 5.91 Å². The van der Waals surface area contributed by atoms with Gasteiger partial charge in [0.2, 0.25) is 0 Å². The van der Waals surface area contributed by atoms with Crippen molar-refractivity contribution in [2.75, 3.05) is 13.2 Å². The summed E-state index contributed by atoms with van der Waals surface area (Å²) in [6.07, 6.45) is 1.58. The van der Waals surface area contributed by atoms with Gasteiger partial charge in [0.1, 0.15) is 4.60 Å². The van der Waals surface area contributed by atoms with Crippen molar-refractivity contribution < 1.29 is 9.90 Å². The Labute approximate surface area is 103 Å². The highest BCUT2D eigenvalue weighted by molar-refractivity contribution is 9.10. The summed E-state index contributed by atoms with van der Waals surface area (Å²) >= 11 is 3.22. The molecule has 0 saturated heterocycles. The lowest BCUT2D eigenvalue weighted by Crippen LogP contribution is -2.39. The summed E-state index contributed by atoms with van der Waals surface area (Å²) in [7, 11) is 0. The first-order valence-corrected chi connectivity index (χ1v) is 5.89. The molecule has 88 valence electrons. The molecule has 0 saturated carbocycles. The number of aliphatic hydroxyl groups excluding tert-OH is 1. The molecule has 0 bridgehead atoms. The number of carbonyl (C=O) groups excluding carboxylic acids is 1. The highest BCUT2D eigenvalue weighted by Gasteiger charge is 2.18. The minimum Gasteiger partial charge on any atom is -0.395 e. The van der Waals surface area contributed by atoms with Crippen molar-refractivity contribution in [3.8, 4) is 0 Å². The minimum absolute atomic E-state index is 0.0316. The summed E-state index contributed by atoms with van der Waals surface area (Å²) in [4.78, 5) is 17.7. The monoisotopic (exact) mass is 286 g/mol. The van der Waals surface area contributed by atoms with E-state index in [9.17, 15) is 4.79 Å². The van der Waals surface area contributed by atoms with E-state index in [2.05, 4.69) is 20.9 Å². The fraction of sp³-hybridized carbons (Fsp3) is 0.455. The third kappa shape index (κ3) is 3.28. The molecule has 1 rings (SSSR count). The average molecular weight is 287 g/mol. The molecular weight excluding hydrogens is 272 g/mol. The topological polar surface area (TPSA) is 53.4 Å². The van der Waals surface area contributed by atoms with Gasteiger partial charge < -0.3 is 10.0 Å². The molecule has 4 nitrogen and oxygen atoms in total. The zero-order chi connectivity index (χ0) is 12.1. The lowest BCUT2D eigenvalue weighted by atomic mass is 10.2. The molecule has 1 aromatic rings. The second-order valence-corrected chi connectivity index (χ2v) is 4.50. The molecule has 0 unspecified atom stereocenters. The Bertz CT molecular complexity index is 369. The van der Waals surface area contributed by atoms with E-state index < -0.39 is 0 Å². The Morgan fingerprint density at radius 1 is 1.62 bits per heavy atom. The summed E-state index contributed by atoms with van der Waals surface area (Å²) in [6.45, 7) is 4.15. The Morgan fingerprint density at radius 3 is 2.81 bits per heavy atom. The average Bonchev–Trinajstić information content (AvgIpc) is 2.24. The van der Waals surface area contributed by atoms with Crippen LogP contribution in [0.1, 0.15) is 24.2 Å². The molecule has 0 atom stereocenters. The van der Waals surface area contributed by atoms with E-state index in [-0.39, 0.29) is 18.6 Å². The minimum atomic E-state index is -0.0906. The van der Waals surface area contributed by atoms with Gasteiger partial charge in [0, 0.05) is 24.3 Å². The molecule has 1 N–H and O–H groups in total. The molecule has 0 aliphatic heterocycles. The second-order valence-electron chi connectivity index (χ2n) is 3.68. The molecule has 0 aliphatic carbocycles. The normalized spacial score (nSPS) is 10.6. The SMILES string of the molecule is CC(C)N(CCO)C(=O)c1ccnc(Br)c1. The van der Waals surface area contributed by atoms with Crippen molar-refractivity contribution in [3.05, 3.63) is 28.5 Å². The number of aromatic nitrogens is 1. The predicted molar refractivity (Wildman–Crippen MR) is 65.2 cm³/mol. The molecular formula is C11H15BrN2O2. The van der Waals surface area contributed by atoms with Crippen LogP contribution >= 0.6 is 15.9 Å². The summed E-state index contributed by atoms with van der Waals surface area (Å²) in [6, 6.07) is 3.40. The number of carbonyl (C=O) groups is 1. The zero-order valence-electron chi connectivity index (χ0n) is 9.35. The van der Waals surface area contributed by atoms with Crippen molar-refractivity contribution in [2.24, 2.45) is 0 Å². The molecule has 0 aliphatic rings. The second kappa shape index (κ2) is 5.96. The van der Waals surface area contributed by atoms with E-state index >= 15 is 0 Å². The van der Waals surface area contributed by atoms with Crippen molar-refractivity contribution in [1.29, 1.82) is 0 Å². The Kier molecular flexibility index (Phi) is 4.89. The van der Waals surface area contributed by atoms with Crippen LogP contribution in [0.2, 0.25) is 0 Å². The smallest absolute Gasteiger partial charge is 0.254 e. The van der Waals surface area contributed by atoms with Gasteiger partial charge in [0.15, 0.2) is 0 Å². The van der Waals surface area contributed by atoms with Crippen molar-refractivity contribution in [1.82, 2.24) is 9.88 Å². The summed E-state index contributed by atoms with van der Waals surface area (Å²) in [5, 5.41) is 8.92. The zero-order valence-corrected chi connectivity index (χ0v) is 10.9. The van der Waals surface area contributed by atoms with Gasteiger partial charge in [-0.15, -0.1) is 0 Å². The van der Waals surface area contributed by atoms with E-state index in [1.807, 2.05) is 13.8 Å². The standard InChI is InChI=1S/C11H15BrN2O2/c1-8(2)14(5-6-15)11(16)9-3-4-13-10(12)7-9/h3-4,7-8,15H,5-6H2,1-2H3. The van der Waals surface area contributed by atoms with E-state index in [4.69, 9.17) is 5.11 Å². The van der Waals surface area contributed by atoms with E-state index in [1.165, 1.54) is 0 Å². The first-order chi connectivity index (χ1) is 7.56. The number of amides is 1. The largest absolute Gasteiger partial charge is 0.395 e. The van der Waals surface area contributed by atoms with Crippen LogP contribution in [-0.4, -0.2) is 40.1 Å². The maximum atomic E-state index is 12.1. The van der Waals surface area contributed by atoms with E-state index in [0.717, 1.165) is 0 Å². The number of hydrogen-bond donors (Lipinski definition) is 1. The maximum Gasteiger partial charge on any atom is 0.254 e. The number of aliphatic hydroxyl groups is 1. The summed E-state index contributed by atoms with van der Waals surface area (Å²) < 4.78 is 0.631. The van der Waals surface area contributed by atoms with Crippen LogP contribution in [0.5, 0.6) is 0 Å². The maximum absolute atomic E-state index is 12.1. The lowest BCUT2D eigenvalue weighted by molar-refractivity contribution is 0.0665. The van der Waals surface area contributed by atoms with Gasteiger partial charge in [-0.1, -0.05) is 0 Å². The third-order valence-corrected chi connectivity index (χ3v) is 2.63. The Balaban J connectivity index is 2.90. The fourth-order valence-electron chi connectivity index (χ4n) is 1.40. The first-order valence-electron chi connectivity index (χ1n) is 5.09. The van der Waals surface area contributed by atoms with Crippen LogP contribution in [0.3, 0.4) is 0 Å². The molecule has 0 radical (unpaired) electrons. The molecule has 0 fully saturated rings. The van der Waals surface area contributed by atoms with Crippen LogP contribution in [0.25, 0.3) is 0 Å². The molecule has 0 spiro atoms. The Morgan fingerprint density at radius 2 is 2.31 bits per heavy atom. The van der Waals surface area contributed by atoms with Crippen LogP contribution in [0.15, 0.2) is 22.9 Å². The van der Waals surface area contributed by atoms with Crippen molar-refractivity contribution in [2.45, 2.75) is 19.9 Å². The quantitative estimate of drug-likeness (QED) is 0.857. The van der Waals surface area contributed by atoms with E-state index in [1.54, 1.807) is 23.2 Å². The van der Waals surface area contributed by atoms with Crippen LogP contribution in [0.4, 0.5) is 0 Å². The van der Waals surface area contributed by atoms with E-state index in [0.29, 0.717) is 16.7 Å². The number of nitrogens with zero attached hydrogens (tertiary/aromatic N) is 2. The lowest BCUT2D eigenvalue weighted by Gasteiger charge is -2.25. The summed E-state index contributed by atoms with van der Waals surface area (Å²) in [5.41, 5.74) is 0.573. The Hall–Kier alpha value is -0.940. The molecule has 1 heterocycles. The number of hydrogen-bond acceptors (Lipinski definition) is 3. The van der Waals surface area contributed by atoms with Crippen molar-refractivity contribution >= 4 is 21.8 Å². The van der Waals surface area contributed by atoms with Gasteiger partial charge in [-0.25, -0.2) is 4.98 Å². The van der Waals surface area contributed by atoms with Crippen LogP contribution < -0.4 is 0 Å². The van der Waals surface area contributed by atoms with Gasteiger partial charge >= 0.3 is 0 Å². The number of rotatable bonds is 4. The van der Waals surface area contributed by atoms with Gasteiger partial charge in [-0.2, -0.15) is 0 Å². The molecule has 0 aromatic carbocycles. The highest BCUT2D eigenvalue weighted by atomic mass is 79.9. The summed E-state index contributed by atoms with van der Waals surface area (Å²) in [5.74, 6) is -0.0906. The van der Waals surface area contributed by atoms with Gasteiger partial charge in [-0.3, -0.25) is 4.79 Å². The first kappa shape index (κ1) is 13.1. The number of pyridine rings is 1. The van der Waals surface area contributed by atoms with Gasteiger partial charge in [-0.05, 0) is 41.9 Å². The highest BCUT2D eigenvalue weighted by Crippen LogP contribution is 2.12. The molecule has 5 heteroatoms. The molecule has 16 heavy (non-hydrogen) atoms. The van der Waals surface area contributed by atoms with Crippen LogP contribution in [0, 0.1) is 0 Å². The fourth-order valence-corrected chi connectivity index (χ4v) is 1.77. The third-order valence-electron chi connectivity index (χ3n) is 2.20. The number of halogens is 1. The molecule has 1 aromatic heterocycles. The predicted octanol–water partition coefficient (Wildman–Crippen LogP) is 1.69. The van der Waals surface area contributed by atoms with Crippen molar-refractivity contribution in [3.63, 3.8) is 0 Å². The van der Waals surface area contributed by atoms with Crippen LogP contribution in [-0.2, 0) is 0 Å².